The number of hydrogen-bond donors (Lipinski definition) is 1. The average Bonchev–Trinajstić information content (AvgIpc) is 3.76. The van der Waals surface area contributed by atoms with Gasteiger partial charge in [0.1, 0.15) is 11.4 Å². The van der Waals surface area contributed by atoms with Gasteiger partial charge in [-0.1, -0.05) is 56.3 Å². The van der Waals surface area contributed by atoms with Gasteiger partial charge in [0.25, 0.3) is 0 Å². The van der Waals surface area contributed by atoms with E-state index in [1.807, 2.05) is 30.5 Å². The zero-order valence-corrected chi connectivity index (χ0v) is 34.5. The first-order chi connectivity index (χ1) is 28.0. The maximum absolute atomic E-state index is 4.88. The second-order valence-corrected chi connectivity index (χ2v) is 15.3. The summed E-state index contributed by atoms with van der Waals surface area (Å²) >= 11 is 0. The maximum atomic E-state index is 4.88. The van der Waals surface area contributed by atoms with Crippen LogP contribution >= 0.6 is 0 Å². The van der Waals surface area contributed by atoms with Crippen molar-refractivity contribution in [3.05, 3.63) is 154 Å². The van der Waals surface area contributed by atoms with Crippen LogP contribution in [0.15, 0.2) is 121 Å². The molecule has 1 aliphatic heterocycles. The van der Waals surface area contributed by atoms with Crippen molar-refractivity contribution >= 4 is 48.3 Å². The lowest BCUT2D eigenvalue weighted by molar-refractivity contribution is -0.310. The molecule has 0 saturated carbocycles. The molecule has 6 aromatic rings. The number of rotatable bonds is 13. The van der Waals surface area contributed by atoms with Crippen molar-refractivity contribution in [2.75, 3.05) is 38.0 Å². The highest BCUT2D eigenvalue weighted by Crippen LogP contribution is 2.36. The predicted octanol–water partition coefficient (Wildman–Crippen LogP) is 8.91. The van der Waals surface area contributed by atoms with Gasteiger partial charge in [-0.2, -0.15) is 0 Å². The smallest absolute Gasteiger partial charge is 0.378 e. The Balaban J connectivity index is 1.32. The Hall–Kier alpha value is -6.75. The normalized spacial score (nSPS) is 13.8. The summed E-state index contributed by atoms with van der Waals surface area (Å²) in [5.41, 5.74) is 14.3. The topological polar surface area (TPSA) is 103 Å². The molecule has 289 valence electrons. The van der Waals surface area contributed by atoms with E-state index in [9.17, 15) is 0 Å². The summed E-state index contributed by atoms with van der Waals surface area (Å²) in [6, 6.07) is 28.9. The summed E-state index contributed by atoms with van der Waals surface area (Å²) < 4.78 is 2.35. The van der Waals surface area contributed by atoms with E-state index >= 15 is 0 Å². The summed E-state index contributed by atoms with van der Waals surface area (Å²) in [4.78, 5) is 17.2. The summed E-state index contributed by atoms with van der Waals surface area (Å²) in [5, 5.41) is 17.3. The Kier molecular flexibility index (Phi) is 12.0. The fourth-order valence-electron chi connectivity index (χ4n) is 6.71. The fraction of sp³-hybridized carbons (Fsp3) is 0.213. The monoisotopic (exact) mass is 764 g/mol. The first-order valence-corrected chi connectivity index (χ1v) is 19.5. The van der Waals surface area contributed by atoms with Crippen LogP contribution in [0.2, 0.25) is 6.32 Å². The Morgan fingerprint density at radius 3 is 1.86 bits per heavy atom. The van der Waals surface area contributed by atoms with Crippen LogP contribution in [0.25, 0.3) is 46.8 Å². The third-order valence-corrected chi connectivity index (χ3v) is 9.91. The number of anilines is 2. The minimum Gasteiger partial charge on any atom is -0.378 e. The van der Waals surface area contributed by atoms with E-state index in [1.54, 1.807) is 6.20 Å². The molecule has 0 atom stereocenters. The molecule has 0 spiro atoms. The number of allylic oxidation sites excluding steroid dienone is 3. The lowest BCUT2D eigenvalue weighted by Crippen LogP contribution is -2.21. The zero-order chi connectivity index (χ0) is 40.8. The molecular weight excluding hydrogens is 715 g/mol. The quantitative estimate of drug-likeness (QED) is 0.116. The number of nitrogens with zero attached hydrogens (tertiary/aromatic N) is 9. The Morgan fingerprint density at radius 1 is 0.724 bits per heavy atom. The largest absolute Gasteiger partial charge is 0.540 e. The number of pyridine rings is 2. The molecule has 0 amide bonds. The van der Waals surface area contributed by atoms with Crippen molar-refractivity contribution < 1.29 is 4.49 Å². The summed E-state index contributed by atoms with van der Waals surface area (Å²) in [5.74, 6) is 1.17. The highest BCUT2D eigenvalue weighted by molar-refractivity contribution is 6.30. The van der Waals surface area contributed by atoms with Gasteiger partial charge >= 0.3 is 7.41 Å². The van der Waals surface area contributed by atoms with Crippen molar-refractivity contribution in [3.8, 4) is 23.0 Å². The summed E-state index contributed by atoms with van der Waals surface area (Å²) in [6.07, 6.45) is 15.4. The molecule has 1 aliphatic rings. The average molecular weight is 765 g/mol. The Morgan fingerprint density at radius 2 is 1.33 bits per heavy atom. The summed E-state index contributed by atoms with van der Waals surface area (Å²) in [7, 11) is 10.5. The van der Waals surface area contributed by atoms with Crippen molar-refractivity contribution in [2.24, 2.45) is 5.92 Å². The van der Waals surface area contributed by atoms with E-state index in [0.717, 1.165) is 62.5 Å². The fourth-order valence-corrected chi connectivity index (χ4v) is 6.71. The van der Waals surface area contributed by atoms with Crippen molar-refractivity contribution in [1.82, 2.24) is 35.3 Å². The van der Waals surface area contributed by atoms with Crippen LogP contribution in [0, 0.1) is 12.8 Å². The SMILES string of the molecule is CC1=CC(/C=C/c2ccc(N(C)C)cc2)=[N+]([B]CC(C)C)C/1=C(/c1ccc(-c2nnc(-c3ccccn3)nn2)nc1)c1[nH]c(/C=C/c2ccc(N(C)C)cc2)cc1C. The zero-order valence-electron chi connectivity index (χ0n) is 34.5. The lowest BCUT2D eigenvalue weighted by Gasteiger charge is -2.14. The van der Waals surface area contributed by atoms with Gasteiger partial charge < -0.3 is 14.8 Å². The molecule has 0 fully saturated rings. The Bertz CT molecular complexity index is 2510. The number of aromatic amines is 1. The van der Waals surface area contributed by atoms with Gasteiger partial charge in [-0.3, -0.25) is 14.5 Å². The van der Waals surface area contributed by atoms with Crippen LogP contribution in [-0.2, 0) is 0 Å². The number of H-pyrrole nitrogens is 1. The third kappa shape index (κ3) is 9.10. The first-order valence-electron chi connectivity index (χ1n) is 19.5. The van der Waals surface area contributed by atoms with Gasteiger partial charge in [0.15, 0.2) is 11.4 Å². The Labute approximate surface area is 342 Å². The van der Waals surface area contributed by atoms with Gasteiger partial charge in [-0.15, -0.1) is 20.4 Å². The van der Waals surface area contributed by atoms with Gasteiger partial charge in [-0.05, 0) is 103 Å². The van der Waals surface area contributed by atoms with Crippen molar-refractivity contribution in [2.45, 2.75) is 34.0 Å². The molecule has 1 N–H and O–H groups in total. The van der Waals surface area contributed by atoms with Crippen LogP contribution in [0.3, 0.4) is 0 Å². The molecule has 7 rings (SSSR count). The molecule has 5 heterocycles. The van der Waals surface area contributed by atoms with Crippen LogP contribution in [0.4, 0.5) is 11.4 Å². The molecule has 0 unspecified atom stereocenters. The van der Waals surface area contributed by atoms with Gasteiger partial charge in [0.2, 0.25) is 11.6 Å². The second kappa shape index (κ2) is 17.6. The molecule has 4 aromatic heterocycles. The van der Waals surface area contributed by atoms with E-state index < -0.39 is 0 Å². The van der Waals surface area contributed by atoms with E-state index in [-0.39, 0.29) is 0 Å². The second-order valence-electron chi connectivity index (χ2n) is 15.3. The number of hydrogen-bond acceptors (Lipinski definition) is 8. The van der Waals surface area contributed by atoms with Crippen LogP contribution < -0.4 is 9.80 Å². The molecule has 1 radical (unpaired) electrons. The lowest BCUT2D eigenvalue weighted by atomic mass is 9.79. The van der Waals surface area contributed by atoms with Gasteiger partial charge in [0, 0.05) is 80.9 Å². The highest BCUT2D eigenvalue weighted by Gasteiger charge is 2.33. The number of nitrogens with one attached hydrogen (secondary N) is 1. The minimum absolute atomic E-state index is 0.339. The van der Waals surface area contributed by atoms with Gasteiger partial charge in [-0.25, -0.2) is 0 Å². The first kappa shape index (κ1) is 39.5. The molecule has 0 bridgehead atoms. The molecular formula is C47H49BN10+. The van der Waals surface area contributed by atoms with E-state index in [0.29, 0.717) is 29.0 Å². The summed E-state index contributed by atoms with van der Waals surface area (Å²) in [6.45, 7) is 8.84. The van der Waals surface area contributed by atoms with E-state index in [2.05, 4.69) is 199 Å². The number of benzene rings is 2. The molecule has 10 nitrogen and oxygen atoms in total. The van der Waals surface area contributed by atoms with E-state index in [4.69, 9.17) is 4.98 Å². The minimum atomic E-state index is 0.339. The molecule has 0 saturated heterocycles. The number of aromatic nitrogens is 7. The van der Waals surface area contributed by atoms with Crippen LogP contribution in [-0.4, -0.2) is 81.2 Å². The van der Waals surface area contributed by atoms with Crippen LogP contribution in [0.1, 0.15) is 54.4 Å². The van der Waals surface area contributed by atoms with Crippen molar-refractivity contribution in [3.63, 3.8) is 0 Å². The predicted molar refractivity (Wildman–Crippen MR) is 240 cm³/mol. The maximum Gasteiger partial charge on any atom is 0.540 e. The molecule has 11 heteroatoms. The molecule has 2 aromatic carbocycles. The van der Waals surface area contributed by atoms with Crippen LogP contribution in [0.5, 0.6) is 0 Å². The molecule has 58 heavy (non-hydrogen) atoms. The molecule has 0 aliphatic carbocycles. The highest BCUT2D eigenvalue weighted by atomic mass is 15.3. The standard InChI is InChI=1S/C47H49BN10/c1-31(2)29-48-58-40(24-17-35-15-22-39(23-16-35)57(7)8)28-33(4)45(58)43(44-32(3)27-37(51-44)19-12-34-13-20-38(21-14-34)56(5)6)36-18-25-42(50-30-36)47-54-52-46(53-55-47)41-11-9-10-26-49-41/h9-28,30-31,51H,29H2,1-8H3/q+1. The van der Waals surface area contributed by atoms with Crippen molar-refractivity contribution in [1.29, 1.82) is 0 Å². The van der Waals surface area contributed by atoms with Gasteiger partial charge in [0.05, 0.1) is 11.3 Å². The number of aryl methyl sites for hydroxylation is 1. The third-order valence-electron chi connectivity index (χ3n) is 9.91. The van der Waals surface area contributed by atoms with E-state index in [1.165, 1.54) is 11.4 Å².